The van der Waals surface area contributed by atoms with Crippen LogP contribution in [0.3, 0.4) is 0 Å². The Morgan fingerprint density at radius 2 is 2.00 bits per heavy atom. The van der Waals surface area contributed by atoms with Crippen molar-refractivity contribution >= 4 is 57.9 Å². The van der Waals surface area contributed by atoms with E-state index in [1.54, 1.807) is 11.8 Å². The maximum absolute atomic E-state index is 11.2. The first-order valence-corrected chi connectivity index (χ1v) is 16.3. The quantitative estimate of drug-likeness (QED) is 0.186. The average molecular weight is 592 g/mol. The molecule has 3 aromatic rings. The zero-order chi connectivity index (χ0) is 25.9. The molecule has 192 valence electrons. The van der Waals surface area contributed by atoms with Gasteiger partial charge in [0.2, 0.25) is 0 Å². The van der Waals surface area contributed by atoms with Gasteiger partial charge in [-0.3, -0.25) is 0 Å². The summed E-state index contributed by atoms with van der Waals surface area (Å²) in [6.07, 6.45) is 5.68. The Hall–Kier alpha value is -2.03. The van der Waals surface area contributed by atoms with Gasteiger partial charge in [-0.1, -0.05) is 0 Å². The average Bonchev–Trinajstić information content (AvgIpc) is 3.34. The zero-order valence-corrected chi connectivity index (χ0v) is 24.5. The van der Waals surface area contributed by atoms with Gasteiger partial charge in [0.25, 0.3) is 0 Å². The molecular weight excluding hydrogens is 559 g/mol. The van der Waals surface area contributed by atoms with Crippen LogP contribution in [0.5, 0.6) is 5.75 Å². The van der Waals surface area contributed by atoms with Gasteiger partial charge in [-0.25, -0.2) is 0 Å². The van der Waals surface area contributed by atoms with Crippen LogP contribution in [0.1, 0.15) is 43.7 Å². The van der Waals surface area contributed by atoms with E-state index in [4.69, 9.17) is 4.74 Å². The predicted molar refractivity (Wildman–Crippen MR) is 148 cm³/mol. The fourth-order valence-corrected chi connectivity index (χ4v) is 8.39. The predicted octanol–water partition coefficient (Wildman–Crippen LogP) is 5.09. The van der Waals surface area contributed by atoms with Crippen LogP contribution in [0.2, 0.25) is 0 Å². The van der Waals surface area contributed by atoms with Crippen molar-refractivity contribution in [1.29, 1.82) is 0 Å². The van der Waals surface area contributed by atoms with Crippen LogP contribution >= 0.6 is 11.8 Å². The molecule has 0 atom stereocenters. The summed E-state index contributed by atoms with van der Waals surface area (Å²) in [7, 11) is -4.26. The standard InChI is InChI=1S/C27H32N2O4S2Se/c1-5-20(17-27-28(6-2)23-15-19(4)9-12-25(23)36-27)16-26-29(13-8-14-35(30,31)32)22-18-21(33-7-3)10-11-24(22)34-26/h9-12,15-18H,5-8,13-14H2,1-4H3. The molecule has 2 aromatic carbocycles. The van der Waals surface area contributed by atoms with Crippen LogP contribution in [0.25, 0.3) is 15.9 Å². The number of allylic oxidation sites excluding steroid dienone is 2. The number of anilines is 1. The van der Waals surface area contributed by atoms with Crippen LogP contribution in [0.4, 0.5) is 5.69 Å². The van der Waals surface area contributed by atoms with Crippen LogP contribution in [0, 0.1) is 6.92 Å². The third kappa shape index (κ3) is 6.26. The van der Waals surface area contributed by atoms with Crippen molar-refractivity contribution in [2.24, 2.45) is 0 Å². The number of fused-ring (bicyclic) bond motifs is 2. The first kappa shape index (κ1) is 27.0. The Labute approximate surface area is 224 Å². The third-order valence-electron chi connectivity index (χ3n) is 6.02. The van der Waals surface area contributed by atoms with Gasteiger partial charge in [-0.2, -0.15) is 0 Å². The number of hydrogen-bond acceptors (Lipinski definition) is 6. The number of hydrogen-bond donors (Lipinski definition) is 0. The molecule has 0 fully saturated rings. The van der Waals surface area contributed by atoms with Gasteiger partial charge in [-0.05, 0) is 0 Å². The summed E-state index contributed by atoms with van der Waals surface area (Å²) in [4.78, 5) is 3.22. The summed E-state index contributed by atoms with van der Waals surface area (Å²) in [5.74, 6) is 0.406. The molecule has 4 rings (SSSR count). The van der Waals surface area contributed by atoms with Crippen LogP contribution in [0.15, 0.2) is 58.0 Å². The van der Waals surface area contributed by atoms with Gasteiger partial charge in [0.05, 0.1) is 0 Å². The molecule has 0 saturated carbocycles. The molecule has 1 aliphatic rings. The molecule has 0 bridgehead atoms. The Kier molecular flexibility index (Phi) is 8.68. The Bertz CT molecular complexity index is 1430. The first-order chi connectivity index (χ1) is 17.2. The van der Waals surface area contributed by atoms with E-state index < -0.39 is 10.1 Å². The molecular formula is C27H32N2O4S2Se. The second-order valence-corrected chi connectivity index (χ2v) is 13.5. The monoisotopic (exact) mass is 592 g/mol. The van der Waals surface area contributed by atoms with Crippen molar-refractivity contribution in [1.82, 2.24) is 0 Å². The van der Waals surface area contributed by atoms with Crippen molar-refractivity contribution < 1.29 is 22.3 Å². The minimum absolute atomic E-state index is 0.248. The van der Waals surface area contributed by atoms with E-state index in [0.717, 1.165) is 34.3 Å². The van der Waals surface area contributed by atoms with Crippen molar-refractivity contribution in [2.75, 3.05) is 23.8 Å². The molecule has 0 N–H and O–H groups in total. The summed E-state index contributed by atoms with van der Waals surface area (Å²) >= 11 is 1.92. The van der Waals surface area contributed by atoms with Gasteiger partial charge in [-0.15, -0.1) is 0 Å². The Morgan fingerprint density at radius 1 is 1.19 bits per heavy atom. The third-order valence-corrected chi connectivity index (χ3v) is 10.3. The first-order valence-electron chi connectivity index (χ1n) is 12.2. The van der Waals surface area contributed by atoms with E-state index in [2.05, 4.69) is 60.6 Å². The van der Waals surface area contributed by atoms with Crippen molar-refractivity contribution in [2.45, 2.75) is 52.0 Å². The molecule has 1 aliphatic heterocycles. The number of ether oxygens (including phenoxy) is 1. The fourth-order valence-electron chi connectivity index (χ4n) is 4.28. The number of aryl methyl sites for hydroxylation is 2. The van der Waals surface area contributed by atoms with E-state index in [9.17, 15) is 13.0 Å². The Morgan fingerprint density at radius 3 is 2.69 bits per heavy atom. The zero-order valence-electron chi connectivity index (χ0n) is 21.1. The molecule has 0 unspecified atom stereocenters. The summed E-state index contributed by atoms with van der Waals surface area (Å²) in [5.41, 5.74) is 4.80. The summed E-state index contributed by atoms with van der Waals surface area (Å²) in [6.45, 7) is 10.4. The summed E-state index contributed by atoms with van der Waals surface area (Å²) in [5, 5.41) is 1.04. The van der Waals surface area contributed by atoms with E-state index >= 15 is 0 Å². The van der Waals surface area contributed by atoms with Crippen LogP contribution in [-0.4, -0.2) is 46.4 Å². The van der Waals surface area contributed by atoms with Crippen LogP contribution in [-0.2, 0) is 16.7 Å². The van der Waals surface area contributed by atoms with E-state index in [1.807, 2.05) is 25.1 Å². The summed E-state index contributed by atoms with van der Waals surface area (Å²) < 4.78 is 44.6. The van der Waals surface area contributed by atoms with E-state index in [-0.39, 0.29) is 26.7 Å². The van der Waals surface area contributed by atoms with Crippen molar-refractivity contribution in [3.63, 3.8) is 0 Å². The van der Waals surface area contributed by atoms with Gasteiger partial charge < -0.3 is 0 Å². The van der Waals surface area contributed by atoms with Crippen molar-refractivity contribution in [3.8, 4) is 5.75 Å². The molecule has 1 aromatic heterocycles. The minimum atomic E-state index is -4.26. The van der Waals surface area contributed by atoms with Crippen LogP contribution < -0.4 is 14.2 Å². The van der Waals surface area contributed by atoms with Gasteiger partial charge in [0.15, 0.2) is 0 Å². The molecule has 9 heteroatoms. The molecule has 36 heavy (non-hydrogen) atoms. The number of thioether (sulfide) groups is 1. The number of nitrogens with zero attached hydrogens (tertiary/aromatic N) is 2. The van der Waals surface area contributed by atoms with E-state index in [0.29, 0.717) is 13.2 Å². The molecule has 0 amide bonds. The molecule has 0 aliphatic carbocycles. The van der Waals surface area contributed by atoms with Crippen molar-refractivity contribution in [3.05, 3.63) is 63.2 Å². The summed E-state index contributed by atoms with van der Waals surface area (Å²) in [6, 6.07) is 12.7. The van der Waals surface area contributed by atoms with Gasteiger partial charge >= 0.3 is 225 Å². The number of aromatic nitrogens is 1. The van der Waals surface area contributed by atoms with E-state index in [1.165, 1.54) is 25.5 Å². The normalized spacial score (nSPS) is 15.2. The molecule has 0 spiro atoms. The molecule has 0 saturated heterocycles. The Balaban J connectivity index is 1.71. The SMILES string of the molecule is CCOc1ccc2c(c1)N(CCCS(=O)(=O)[O-])/C(=C\C(=C/c1[se]c3ccc(C)cc3[n+]1CC)CC)S2. The van der Waals surface area contributed by atoms with Gasteiger partial charge in [0.1, 0.15) is 0 Å². The number of benzene rings is 2. The second kappa shape index (κ2) is 11.6. The second-order valence-electron chi connectivity index (χ2n) is 8.64. The molecule has 0 radical (unpaired) electrons. The molecule has 2 heterocycles. The maximum atomic E-state index is 11.2. The number of rotatable bonds is 10. The molecule has 6 nitrogen and oxygen atoms in total. The fraction of sp³-hybridized carbons (Fsp3) is 0.370. The van der Waals surface area contributed by atoms with Gasteiger partial charge in [0, 0.05) is 0 Å². The topological polar surface area (TPSA) is 73.5 Å².